The van der Waals surface area contributed by atoms with Crippen molar-refractivity contribution in [3.05, 3.63) is 71.8 Å². The third-order valence-corrected chi connectivity index (χ3v) is 2.51. The average Bonchev–Trinajstić information content (AvgIpc) is 2.40. The molecule has 0 amide bonds. The van der Waals surface area contributed by atoms with Crippen molar-refractivity contribution in [2.75, 3.05) is 0 Å². The van der Waals surface area contributed by atoms with E-state index in [0.717, 1.165) is 0 Å². The molecule has 0 unspecified atom stereocenters. The molecule has 0 saturated heterocycles. The van der Waals surface area contributed by atoms with E-state index in [1.54, 1.807) is 48.5 Å². The molecule has 0 aromatic heterocycles. The monoisotopic (exact) mass is 248 g/mol. The Balaban J connectivity index is 0.00000162. The number of benzene rings is 2. The fourth-order valence-corrected chi connectivity index (χ4v) is 1.60. The first-order chi connectivity index (χ1) is 8.27. The van der Waals surface area contributed by atoms with Crippen LogP contribution in [0.1, 0.15) is 27.1 Å². The SMILES string of the molecule is O=C(CC(=O)c1ccccc1)c1ccccc1.[Mg]. The van der Waals surface area contributed by atoms with E-state index >= 15 is 0 Å². The van der Waals surface area contributed by atoms with Gasteiger partial charge in [0.1, 0.15) is 0 Å². The predicted molar refractivity (Wildman–Crippen MR) is 71.9 cm³/mol. The molecule has 2 aromatic carbocycles. The second kappa shape index (κ2) is 7.09. The molecular formula is C15H12MgO2. The fraction of sp³-hybridized carbons (Fsp3) is 0.0667. The van der Waals surface area contributed by atoms with E-state index in [-0.39, 0.29) is 41.0 Å². The van der Waals surface area contributed by atoms with Gasteiger partial charge in [-0.2, -0.15) is 0 Å². The highest BCUT2D eigenvalue weighted by Gasteiger charge is 2.12. The normalized spacial score (nSPS) is 9.33. The summed E-state index contributed by atoms with van der Waals surface area (Å²) in [4.78, 5) is 23.6. The van der Waals surface area contributed by atoms with Gasteiger partial charge < -0.3 is 0 Å². The molecule has 86 valence electrons. The Bertz CT molecular complexity index is 471. The van der Waals surface area contributed by atoms with Crippen molar-refractivity contribution in [3.8, 4) is 0 Å². The molecule has 0 spiro atoms. The van der Waals surface area contributed by atoms with Gasteiger partial charge in [-0.05, 0) is 0 Å². The Labute approximate surface area is 122 Å². The van der Waals surface area contributed by atoms with Crippen molar-refractivity contribution < 1.29 is 9.59 Å². The topological polar surface area (TPSA) is 34.1 Å². The lowest BCUT2D eigenvalue weighted by molar-refractivity contribution is 0.0894. The lowest BCUT2D eigenvalue weighted by atomic mass is 10.0. The van der Waals surface area contributed by atoms with E-state index in [0.29, 0.717) is 11.1 Å². The van der Waals surface area contributed by atoms with E-state index in [9.17, 15) is 9.59 Å². The first-order valence-corrected chi connectivity index (χ1v) is 5.44. The van der Waals surface area contributed by atoms with Crippen molar-refractivity contribution in [1.82, 2.24) is 0 Å². The zero-order chi connectivity index (χ0) is 12.1. The molecule has 0 atom stereocenters. The molecule has 2 nitrogen and oxygen atoms in total. The highest BCUT2D eigenvalue weighted by molar-refractivity contribution is 6.13. The van der Waals surface area contributed by atoms with Crippen molar-refractivity contribution >= 4 is 34.6 Å². The van der Waals surface area contributed by atoms with Crippen LogP contribution in [0, 0.1) is 0 Å². The molecule has 2 aromatic rings. The Kier molecular flexibility index (Phi) is 5.75. The Morgan fingerprint density at radius 1 is 0.667 bits per heavy atom. The summed E-state index contributed by atoms with van der Waals surface area (Å²) in [5, 5.41) is 0. The van der Waals surface area contributed by atoms with E-state index in [1.807, 2.05) is 12.1 Å². The van der Waals surface area contributed by atoms with Gasteiger partial charge in [0.2, 0.25) is 0 Å². The summed E-state index contributed by atoms with van der Waals surface area (Å²) in [6.45, 7) is 0. The van der Waals surface area contributed by atoms with Crippen LogP contribution in [0.15, 0.2) is 60.7 Å². The number of Topliss-reactive ketones (excluding diaryl/α,β-unsaturated/α-hetero) is 2. The molecular weight excluding hydrogens is 236 g/mol. The van der Waals surface area contributed by atoms with Gasteiger partial charge >= 0.3 is 0 Å². The van der Waals surface area contributed by atoms with Gasteiger partial charge in [-0.3, -0.25) is 9.59 Å². The number of ketones is 2. The highest BCUT2D eigenvalue weighted by Crippen LogP contribution is 2.08. The Morgan fingerprint density at radius 2 is 1.00 bits per heavy atom. The summed E-state index contributed by atoms with van der Waals surface area (Å²) in [5.74, 6) is -0.279. The van der Waals surface area contributed by atoms with Crippen LogP contribution in [0.4, 0.5) is 0 Å². The number of carbonyl (C=O) groups is 2. The third kappa shape index (κ3) is 3.79. The lowest BCUT2D eigenvalue weighted by Gasteiger charge is -2.00. The van der Waals surface area contributed by atoms with Crippen molar-refractivity contribution in [2.24, 2.45) is 0 Å². The van der Waals surface area contributed by atoms with E-state index in [1.165, 1.54) is 0 Å². The maximum absolute atomic E-state index is 11.8. The van der Waals surface area contributed by atoms with Crippen LogP contribution in [-0.4, -0.2) is 34.6 Å². The van der Waals surface area contributed by atoms with E-state index in [4.69, 9.17) is 0 Å². The molecule has 0 aliphatic rings. The predicted octanol–water partition coefficient (Wildman–Crippen LogP) is 2.76. The largest absolute Gasteiger partial charge is 0.294 e. The van der Waals surface area contributed by atoms with Gasteiger partial charge in [-0.1, -0.05) is 60.7 Å². The van der Waals surface area contributed by atoms with Crippen LogP contribution in [0.3, 0.4) is 0 Å². The van der Waals surface area contributed by atoms with E-state index in [2.05, 4.69) is 0 Å². The van der Waals surface area contributed by atoms with Crippen molar-refractivity contribution in [2.45, 2.75) is 6.42 Å². The Morgan fingerprint density at radius 3 is 1.33 bits per heavy atom. The molecule has 18 heavy (non-hydrogen) atoms. The van der Waals surface area contributed by atoms with Gasteiger partial charge in [0, 0.05) is 34.2 Å². The first kappa shape index (κ1) is 14.6. The number of carbonyl (C=O) groups excluding carboxylic acids is 2. The van der Waals surface area contributed by atoms with Crippen molar-refractivity contribution in [1.29, 1.82) is 0 Å². The van der Waals surface area contributed by atoms with Gasteiger partial charge in [0.15, 0.2) is 11.6 Å². The first-order valence-electron chi connectivity index (χ1n) is 5.44. The summed E-state index contributed by atoms with van der Waals surface area (Å²) in [7, 11) is 0. The number of hydrogen-bond acceptors (Lipinski definition) is 2. The molecule has 3 heteroatoms. The lowest BCUT2D eigenvalue weighted by Crippen LogP contribution is -2.08. The third-order valence-electron chi connectivity index (χ3n) is 2.51. The van der Waals surface area contributed by atoms with Crippen LogP contribution < -0.4 is 0 Å². The highest BCUT2D eigenvalue weighted by atomic mass is 24.3. The minimum absolute atomic E-state index is 0. The second-order valence-electron chi connectivity index (χ2n) is 3.76. The molecule has 2 radical (unpaired) electrons. The zero-order valence-corrected chi connectivity index (χ0v) is 11.4. The quantitative estimate of drug-likeness (QED) is 0.474. The van der Waals surface area contributed by atoms with Gasteiger partial charge in [-0.25, -0.2) is 0 Å². The summed E-state index contributed by atoms with van der Waals surface area (Å²) in [6, 6.07) is 17.7. The molecule has 0 aliphatic heterocycles. The van der Waals surface area contributed by atoms with Crippen molar-refractivity contribution in [3.63, 3.8) is 0 Å². The summed E-state index contributed by atoms with van der Waals surface area (Å²) >= 11 is 0. The molecule has 0 fully saturated rings. The summed E-state index contributed by atoms with van der Waals surface area (Å²) < 4.78 is 0. The molecule has 0 N–H and O–H groups in total. The molecule has 0 aliphatic carbocycles. The van der Waals surface area contributed by atoms with Crippen LogP contribution in [-0.2, 0) is 0 Å². The minimum Gasteiger partial charge on any atom is -0.294 e. The molecule has 0 heterocycles. The van der Waals surface area contributed by atoms with Crippen LogP contribution in [0.25, 0.3) is 0 Å². The summed E-state index contributed by atoms with van der Waals surface area (Å²) in [5.41, 5.74) is 1.16. The molecule has 0 saturated carbocycles. The van der Waals surface area contributed by atoms with Gasteiger partial charge in [-0.15, -0.1) is 0 Å². The van der Waals surface area contributed by atoms with Crippen LogP contribution >= 0.6 is 0 Å². The Hall–Kier alpha value is -1.45. The number of rotatable bonds is 4. The minimum atomic E-state index is -0.139. The molecule has 0 bridgehead atoms. The van der Waals surface area contributed by atoms with Gasteiger partial charge in [0.25, 0.3) is 0 Å². The maximum atomic E-state index is 11.8. The zero-order valence-electron chi connectivity index (χ0n) is 10.0. The second-order valence-corrected chi connectivity index (χ2v) is 3.76. The van der Waals surface area contributed by atoms with Gasteiger partial charge in [0.05, 0.1) is 6.42 Å². The number of hydrogen-bond donors (Lipinski definition) is 0. The van der Waals surface area contributed by atoms with Crippen LogP contribution in [0.2, 0.25) is 0 Å². The summed E-state index contributed by atoms with van der Waals surface area (Å²) in [6.07, 6.45) is -0.0754. The fourth-order valence-electron chi connectivity index (χ4n) is 1.60. The van der Waals surface area contributed by atoms with Crippen LogP contribution in [0.5, 0.6) is 0 Å². The molecule has 2 rings (SSSR count). The maximum Gasteiger partial charge on any atom is 0.170 e. The average molecular weight is 249 g/mol. The standard InChI is InChI=1S/C15H12O2.Mg/c16-14(12-7-3-1-4-8-12)11-15(17)13-9-5-2-6-10-13;/h1-10H,11H2;. The van der Waals surface area contributed by atoms with E-state index < -0.39 is 0 Å². The smallest absolute Gasteiger partial charge is 0.170 e.